The number of esters is 1. The van der Waals surface area contributed by atoms with Gasteiger partial charge in [-0.15, -0.1) is 0 Å². The molecule has 1 aromatic carbocycles. The maximum absolute atomic E-state index is 14.7. The smallest absolute Gasteiger partial charge is 0.352 e. The molecule has 0 spiro atoms. The van der Waals surface area contributed by atoms with Crippen LogP contribution in [0.5, 0.6) is 5.75 Å². The van der Waals surface area contributed by atoms with Gasteiger partial charge in [0.2, 0.25) is 0 Å². The fourth-order valence-electron chi connectivity index (χ4n) is 2.25. The van der Waals surface area contributed by atoms with E-state index >= 15 is 0 Å². The molecule has 0 saturated carbocycles. The van der Waals surface area contributed by atoms with E-state index in [-0.39, 0.29) is 34.2 Å². The molecule has 1 unspecified atom stereocenters. The maximum Gasteiger partial charge on any atom is 0.352 e. The Hall–Kier alpha value is -2.17. The summed E-state index contributed by atoms with van der Waals surface area (Å²) < 4.78 is 51.0. The standard InChI is InChI=1S/C15H16ClFN2O6S/c1-23-14-10(16)5-4-9(13(14)17)11-6-8(19-25-26(3,21)22)7-12(18-11)15(20)24-2/h4-6,11,19H,7H2,1-3H3. The van der Waals surface area contributed by atoms with Gasteiger partial charge >= 0.3 is 5.97 Å². The lowest BCUT2D eigenvalue weighted by molar-refractivity contribution is -0.132. The van der Waals surface area contributed by atoms with Crippen LogP contribution in [-0.4, -0.2) is 40.6 Å². The van der Waals surface area contributed by atoms with Crippen LogP contribution in [0.3, 0.4) is 0 Å². The topological polar surface area (TPSA) is 103 Å². The Morgan fingerprint density at radius 2 is 2.08 bits per heavy atom. The van der Waals surface area contributed by atoms with Crippen LogP contribution in [0.25, 0.3) is 0 Å². The summed E-state index contributed by atoms with van der Waals surface area (Å²) in [4.78, 5) is 16.0. The summed E-state index contributed by atoms with van der Waals surface area (Å²) in [5, 5.41) is 0.0736. The van der Waals surface area contributed by atoms with E-state index in [0.29, 0.717) is 0 Å². The molecule has 142 valence electrons. The number of nitrogens with one attached hydrogen (secondary N) is 1. The minimum atomic E-state index is -3.79. The summed E-state index contributed by atoms with van der Waals surface area (Å²) in [6, 6.07) is 1.86. The van der Waals surface area contributed by atoms with Crippen molar-refractivity contribution in [1.82, 2.24) is 5.48 Å². The number of carbonyl (C=O) groups is 1. The number of benzene rings is 1. The second kappa shape index (κ2) is 8.02. The molecule has 1 aliphatic heterocycles. The largest absolute Gasteiger partial charge is 0.492 e. The second-order valence-electron chi connectivity index (χ2n) is 5.25. The lowest BCUT2D eigenvalue weighted by atomic mass is 10.00. The van der Waals surface area contributed by atoms with Gasteiger partial charge in [0.05, 0.1) is 31.5 Å². The molecular formula is C15H16ClFN2O6S. The maximum atomic E-state index is 14.7. The number of nitrogens with zero attached hydrogens (tertiary/aromatic N) is 1. The van der Waals surface area contributed by atoms with Crippen LogP contribution in [0.4, 0.5) is 4.39 Å². The number of halogens is 2. The number of hydrogen-bond acceptors (Lipinski definition) is 8. The zero-order chi connectivity index (χ0) is 19.5. The molecule has 0 fully saturated rings. The number of hydrogen-bond donors (Lipinski definition) is 1. The van der Waals surface area contributed by atoms with Gasteiger partial charge in [-0.1, -0.05) is 17.7 Å². The summed E-state index contributed by atoms with van der Waals surface area (Å²) in [6.45, 7) is 0. The second-order valence-corrected chi connectivity index (χ2v) is 7.24. The Balaban J connectivity index is 2.45. The first kappa shape index (κ1) is 20.1. The van der Waals surface area contributed by atoms with Crippen molar-refractivity contribution in [3.05, 3.63) is 40.3 Å². The number of methoxy groups -OCH3 is 2. The number of dihydropyridines is 1. The Bertz CT molecular complexity index is 884. The summed E-state index contributed by atoms with van der Waals surface area (Å²) in [5.74, 6) is -1.65. The van der Waals surface area contributed by atoms with E-state index in [1.54, 1.807) is 0 Å². The van der Waals surface area contributed by atoms with Gasteiger partial charge < -0.3 is 9.47 Å². The van der Waals surface area contributed by atoms with Crippen LogP contribution < -0.4 is 10.2 Å². The fourth-order valence-corrected chi connectivity index (χ4v) is 2.73. The van der Waals surface area contributed by atoms with Crippen LogP contribution in [-0.2, 0) is 23.9 Å². The van der Waals surface area contributed by atoms with Crippen molar-refractivity contribution < 1.29 is 31.4 Å². The van der Waals surface area contributed by atoms with Crippen LogP contribution >= 0.6 is 11.6 Å². The normalized spacial score (nSPS) is 17.2. The molecule has 1 aliphatic rings. The third kappa shape index (κ3) is 4.71. The molecule has 0 amide bonds. The Morgan fingerprint density at radius 3 is 2.65 bits per heavy atom. The summed E-state index contributed by atoms with van der Waals surface area (Å²) in [5.41, 5.74) is 2.47. The number of hydroxylamine groups is 1. The van der Waals surface area contributed by atoms with Crippen molar-refractivity contribution in [2.75, 3.05) is 20.5 Å². The third-order valence-corrected chi connectivity index (χ3v) is 4.04. The zero-order valence-corrected chi connectivity index (χ0v) is 15.6. The first-order valence-electron chi connectivity index (χ1n) is 7.18. The lowest BCUT2D eigenvalue weighted by Crippen LogP contribution is -2.27. The van der Waals surface area contributed by atoms with Gasteiger partial charge in [-0.2, -0.15) is 12.7 Å². The number of allylic oxidation sites excluding steroid dienone is 1. The van der Waals surface area contributed by atoms with Gasteiger partial charge in [-0.3, -0.25) is 10.5 Å². The number of ether oxygens (including phenoxy) is 2. The molecule has 0 aliphatic carbocycles. The summed E-state index contributed by atoms with van der Waals surface area (Å²) >= 11 is 5.88. The molecule has 1 N–H and O–H groups in total. The van der Waals surface area contributed by atoms with Gasteiger partial charge in [0, 0.05) is 17.7 Å². The van der Waals surface area contributed by atoms with Gasteiger partial charge in [0.15, 0.2) is 11.6 Å². The average molecular weight is 407 g/mol. The van der Waals surface area contributed by atoms with Crippen LogP contribution in [0.2, 0.25) is 5.02 Å². The molecule has 0 radical (unpaired) electrons. The molecule has 0 saturated heterocycles. The molecule has 0 aromatic heterocycles. The van der Waals surface area contributed by atoms with E-state index in [1.165, 1.54) is 32.4 Å². The van der Waals surface area contributed by atoms with Crippen molar-refractivity contribution in [3.8, 4) is 5.75 Å². The molecule has 0 bridgehead atoms. The predicted molar refractivity (Wildman–Crippen MR) is 91.9 cm³/mol. The Morgan fingerprint density at radius 1 is 1.38 bits per heavy atom. The van der Waals surface area contributed by atoms with E-state index in [0.717, 1.165) is 6.26 Å². The molecule has 8 nitrogen and oxygen atoms in total. The monoisotopic (exact) mass is 406 g/mol. The number of carbonyl (C=O) groups excluding carboxylic acids is 1. The van der Waals surface area contributed by atoms with Gasteiger partial charge in [0.1, 0.15) is 5.71 Å². The van der Waals surface area contributed by atoms with Crippen molar-refractivity contribution in [3.63, 3.8) is 0 Å². The van der Waals surface area contributed by atoms with E-state index in [4.69, 9.17) is 16.3 Å². The Labute approximate surface area is 154 Å². The average Bonchev–Trinajstić information content (AvgIpc) is 2.59. The van der Waals surface area contributed by atoms with E-state index in [2.05, 4.69) is 19.5 Å². The van der Waals surface area contributed by atoms with Gasteiger partial charge in [-0.25, -0.2) is 9.18 Å². The van der Waals surface area contributed by atoms with E-state index in [9.17, 15) is 17.6 Å². The quantitative estimate of drug-likeness (QED) is 0.568. The highest BCUT2D eigenvalue weighted by molar-refractivity contribution is 7.85. The first-order chi connectivity index (χ1) is 12.2. The minimum Gasteiger partial charge on any atom is -0.492 e. The van der Waals surface area contributed by atoms with E-state index in [1.807, 2.05) is 0 Å². The molecule has 2 rings (SSSR count). The number of aliphatic imine (C=N–C) groups is 1. The highest BCUT2D eigenvalue weighted by atomic mass is 35.5. The van der Waals surface area contributed by atoms with E-state index < -0.39 is 27.9 Å². The predicted octanol–water partition coefficient (Wildman–Crippen LogP) is 1.91. The van der Waals surface area contributed by atoms with Gasteiger partial charge in [-0.05, 0) is 12.1 Å². The highest BCUT2D eigenvalue weighted by Crippen LogP contribution is 2.35. The molecule has 1 heterocycles. The van der Waals surface area contributed by atoms with Gasteiger partial charge in [0.25, 0.3) is 10.1 Å². The Kier molecular flexibility index (Phi) is 6.21. The van der Waals surface area contributed by atoms with Crippen LogP contribution in [0.15, 0.2) is 28.9 Å². The SMILES string of the molecule is COC(=O)C1=NC(c2ccc(Cl)c(OC)c2F)C=C(NOS(C)(=O)=O)C1. The lowest BCUT2D eigenvalue weighted by Gasteiger charge is -2.21. The van der Waals surface area contributed by atoms with Crippen molar-refractivity contribution in [2.24, 2.45) is 4.99 Å². The molecule has 1 aromatic rings. The fraction of sp³-hybridized carbons (Fsp3) is 0.333. The summed E-state index contributed by atoms with van der Waals surface area (Å²) in [7, 11) is -1.36. The minimum absolute atomic E-state index is 0.0343. The van der Waals surface area contributed by atoms with Crippen LogP contribution in [0.1, 0.15) is 18.0 Å². The number of rotatable bonds is 6. The van der Waals surface area contributed by atoms with Crippen molar-refractivity contribution >= 4 is 33.4 Å². The molecular weight excluding hydrogens is 391 g/mol. The van der Waals surface area contributed by atoms with Crippen LogP contribution in [0, 0.1) is 5.82 Å². The third-order valence-electron chi connectivity index (χ3n) is 3.36. The molecule has 26 heavy (non-hydrogen) atoms. The highest BCUT2D eigenvalue weighted by Gasteiger charge is 2.26. The van der Waals surface area contributed by atoms with Crippen molar-refractivity contribution in [2.45, 2.75) is 12.5 Å². The molecule has 11 heteroatoms. The zero-order valence-electron chi connectivity index (χ0n) is 14.1. The summed E-state index contributed by atoms with van der Waals surface area (Å²) in [6.07, 6.45) is 2.19. The molecule has 1 atom stereocenters. The first-order valence-corrected chi connectivity index (χ1v) is 9.37. The van der Waals surface area contributed by atoms with Crippen molar-refractivity contribution in [1.29, 1.82) is 0 Å².